The lowest BCUT2D eigenvalue weighted by Gasteiger charge is -2.33. The number of nitrogens with zero attached hydrogens (tertiary/aromatic N) is 2. The van der Waals surface area contributed by atoms with E-state index in [2.05, 4.69) is 16.8 Å². The zero-order valence-corrected chi connectivity index (χ0v) is 14.4. The summed E-state index contributed by atoms with van der Waals surface area (Å²) in [7, 11) is 2.19. The molecule has 3 heterocycles. The first-order valence-electron chi connectivity index (χ1n) is 9.15. The Kier molecular flexibility index (Phi) is 4.35. The van der Waals surface area contributed by atoms with Gasteiger partial charge in [-0.05, 0) is 57.5 Å². The average Bonchev–Trinajstić information content (AvgIpc) is 3.16. The smallest absolute Gasteiger partial charge is 0.254 e. The second kappa shape index (κ2) is 6.63. The SMILES string of the molecule is CN1CCC[C@H]1[C@@H]1CCCN1C(=O)c1ccc2c(c1)OCCCO2. The molecule has 0 N–H and O–H groups in total. The fraction of sp³-hybridized carbons (Fsp3) is 0.632. The predicted molar refractivity (Wildman–Crippen MR) is 91.8 cm³/mol. The maximum atomic E-state index is 13.1. The molecule has 4 rings (SSSR count). The molecule has 3 aliphatic rings. The maximum Gasteiger partial charge on any atom is 0.254 e. The summed E-state index contributed by atoms with van der Waals surface area (Å²) in [5, 5.41) is 0. The molecule has 5 nitrogen and oxygen atoms in total. The van der Waals surface area contributed by atoms with Gasteiger partial charge in [-0.15, -0.1) is 0 Å². The van der Waals surface area contributed by atoms with Crippen LogP contribution in [0.25, 0.3) is 0 Å². The molecule has 0 saturated carbocycles. The molecule has 0 spiro atoms. The normalized spacial score (nSPS) is 27.3. The van der Waals surface area contributed by atoms with E-state index in [4.69, 9.17) is 9.47 Å². The van der Waals surface area contributed by atoms with Gasteiger partial charge in [0.15, 0.2) is 11.5 Å². The zero-order valence-electron chi connectivity index (χ0n) is 14.4. The van der Waals surface area contributed by atoms with E-state index >= 15 is 0 Å². The average molecular weight is 330 g/mol. The number of hydrogen-bond acceptors (Lipinski definition) is 4. The van der Waals surface area contributed by atoms with Gasteiger partial charge >= 0.3 is 0 Å². The molecule has 0 unspecified atom stereocenters. The largest absolute Gasteiger partial charge is 0.490 e. The molecule has 0 radical (unpaired) electrons. The number of carbonyl (C=O) groups excluding carboxylic acids is 1. The van der Waals surface area contributed by atoms with Gasteiger partial charge in [0, 0.05) is 30.6 Å². The van der Waals surface area contributed by atoms with Gasteiger partial charge in [0.25, 0.3) is 5.91 Å². The zero-order chi connectivity index (χ0) is 16.5. The van der Waals surface area contributed by atoms with Crippen LogP contribution in [0.2, 0.25) is 0 Å². The second-order valence-electron chi connectivity index (χ2n) is 7.11. The van der Waals surface area contributed by atoms with E-state index in [0.717, 1.165) is 38.1 Å². The monoisotopic (exact) mass is 330 g/mol. The number of likely N-dealkylation sites (N-methyl/N-ethyl adjacent to an activating group) is 1. The van der Waals surface area contributed by atoms with E-state index in [9.17, 15) is 4.79 Å². The van der Waals surface area contributed by atoms with E-state index in [1.807, 2.05) is 18.2 Å². The van der Waals surface area contributed by atoms with Gasteiger partial charge < -0.3 is 19.3 Å². The summed E-state index contributed by atoms with van der Waals surface area (Å²) in [6.07, 6.45) is 5.53. The van der Waals surface area contributed by atoms with Crippen LogP contribution in [0.3, 0.4) is 0 Å². The molecule has 24 heavy (non-hydrogen) atoms. The molecule has 0 aliphatic carbocycles. The minimum absolute atomic E-state index is 0.133. The van der Waals surface area contributed by atoms with Crippen molar-refractivity contribution in [2.75, 3.05) is 33.4 Å². The molecular formula is C19H26N2O3. The van der Waals surface area contributed by atoms with Crippen LogP contribution in [0.15, 0.2) is 18.2 Å². The summed E-state index contributed by atoms with van der Waals surface area (Å²) >= 11 is 0. The minimum atomic E-state index is 0.133. The van der Waals surface area contributed by atoms with Crippen molar-refractivity contribution in [2.45, 2.75) is 44.2 Å². The van der Waals surface area contributed by atoms with E-state index < -0.39 is 0 Å². The van der Waals surface area contributed by atoms with Crippen molar-refractivity contribution < 1.29 is 14.3 Å². The van der Waals surface area contributed by atoms with Crippen LogP contribution < -0.4 is 9.47 Å². The maximum absolute atomic E-state index is 13.1. The number of rotatable bonds is 2. The first kappa shape index (κ1) is 15.8. The molecule has 1 aromatic rings. The number of carbonyl (C=O) groups is 1. The number of hydrogen-bond donors (Lipinski definition) is 0. The van der Waals surface area contributed by atoms with Gasteiger partial charge in [-0.25, -0.2) is 0 Å². The van der Waals surface area contributed by atoms with Gasteiger partial charge in [-0.2, -0.15) is 0 Å². The van der Waals surface area contributed by atoms with Gasteiger partial charge in [-0.1, -0.05) is 0 Å². The molecule has 0 aromatic heterocycles. The van der Waals surface area contributed by atoms with Crippen molar-refractivity contribution in [2.24, 2.45) is 0 Å². The van der Waals surface area contributed by atoms with Crippen LogP contribution in [-0.4, -0.2) is 61.1 Å². The molecule has 3 aliphatic heterocycles. The number of amides is 1. The minimum Gasteiger partial charge on any atom is -0.490 e. The summed E-state index contributed by atoms with van der Waals surface area (Å²) in [5.41, 5.74) is 0.715. The van der Waals surface area contributed by atoms with Crippen LogP contribution in [-0.2, 0) is 0 Å². The molecular weight excluding hydrogens is 304 g/mol. The number of benzene rings is 1. The van der Waals surface area contributed by atoms with Crippen LogP contribution in [0.5, 0.6) is 11.5 Å². The Hall–Kier alpha value is -1.75. The number of likely N-dealkylation sites (tertiary alicyclic amines) is 2. The molecule has 2 atom stereocenters. The Morgan fingerprint density at radius 2 is 1.75 bits per heavy atom. The van der Waals surface area contributed by atoms with Gasteiger partial charge in [0.1, 0.15) is 0 Å². The highest BCUT2D eigenvalue weighted by atomic mass is 16.5. The van der Waals surface area contributed by atoms with Crippen molar-refractivity contribution in [1.29, 1.82) is 0 Å². The van der Waals surface area contributed by atoms with Gasteiger partial charge in [0.05, 0.1) is 13.2 Å². The van der Waals surface area contributed by atoms with Crippen molar-refractivity contribution in [3.8, 4) is 11.5 Å². The summed E-state index contributed by atoms with van der Waals surface area (Å²) < 4.78 is 11.4. The molecule has 2 fully saturated rings. The lowest BCUT2D eigenvalue weighted by Crippen LogP contribution is -2.47. The van der Waals surface area contributed by atoms with Crippen molar-refractivity contribution in [3.63, 3.8) is 0 Å². The molecule has 2 saturated heterocycles. The summed E-state index contributed by atoms with van der Waals surface area (Å²) in [5.74, 6) is 1.58. The second-order valence-corrected chi connectivity index (χ2v) is 7.11. The van der Waals surface area contributed by atoms with Crippen molar-refractivity contribution >= 4 is 5.91 Å². The lowest BCUT2D eigenvalue weighted by molar-refractivity contribution is 0.0664. The van der Waals surface area contributed by atoms with Gasteiger partial charge in [-0.3, -0.25) is 4.79 Å². The Bertz CT molecular complexity index is 619. The van der Waals surface area contributed by atoms with Crippen LogP contribution in [0.4, 0.5) is 0 Å². The van der Waals surface area contributed by atoms with Gasteiger partial charge in [0.2, 0.25) is 0 Å². The highest BCUT2D eigenvalue weighted by Gasteiger charge is 2.38. The highest BCUT2D eigenvalue weighted by molar-refractivity contribution is 5.95. The first-order valence-corrected chi connectivity index (χ1v) is 9.15. The quantitative estimate of drug-likeness (QED) is 0.836. The molecule has 1 amide bonds. The van der Waals surface area contributed by atoms with Crippen LogP contribution in [0.1, 0.15) is 42.5 Å². The predicted octanol–water partition coefficient (Wildman–Crippen LogP) is 2.55. The molecule has 1 aromatic carbocycles. The number of fused-ring (bicyclic) bond motifs is 1. The Morgan fingerprint density at radius 1 is 1.00 bits per heavy atom. The Morgan fingerprint density at radius 3 is 2.54 bits per heavy atom. The summed E-state index contributed by atoms with van der Waals surface area (Å²) in [6.45, 7) is 3.32. The van der Waals surface area contributed by atoms with Crippen LogP contribution in [0, 0.1) is 0 Å². The third kappa shape index (κ3) is 2.86. The van der Waals surface area contributed by atoms with E-state index in [0.29, 0.717) is 36.6 Å². The highest BCUT2D eigenvalue weighted by Crippen LogP contribution is 2.33. The lowest BCUT2D eigenvalue weighted by atomic mass is 10.0. The van der Waals surface area contributed by atoms with Crippen molar-refractivity contribution in [1.82, 2.24) is 9.80 Å². The third-order valence-electron chi connectivity index (χ3n) is 5.58. The molecule has 130 valence electrons. The number of ether oxygens (including phenoxy) is 2. The standard InChI is InChI=1S/C19H26N2O3/c1-20-9-2-5-15(20)16-6-3-10-21(16)19(22)14-7-8-17-18(13-14)24-12-4-11-23-17/h7-8,13,15-16H,2-6,9-12H2,1H3/t15-,16-/m0/s1. The first-order chi connectivity index (χ1) is 11.7. The fourth-order valence-electron chi connectivity index (χ4n) is 4.33. The fourth-order valence-corrected chi connectivity index (χ4v) is 4.33. The summed E-state index contributed by atoms with van der Waals surface area (Å²) in [4.78, 5) is 17.6. The third-order valence-corrected chi connectivity index (χ3v) is 5.58. The van der Waals surface area contributed by atoms with E-state index in [1.54, 1.807) is 0 Å². The van der Waals surface area contributed by atoms with E-state index in [1.165, 1.54) is 12.8 Å². The van der Waals surface area contributed by atoms with Crippen molar-refractivity contribution in [3.05, 3.63) is 23.8 Å². The molecule has 5 heteroatoms. The molecule has 0 bridgehead atoms. The Balaban J connectivity index is 1.55. The Labute approximate surface area is 143 Å². The topological polar surface area (TPSA) is 42.0 Å². The summed E-state index contributed by atoms with van der Waals surface area (Å²) in [6, 6.07) is 6.47. The van der Waals surface area contributed by atoms with Crippen LogP contribution >= 0.6 is 0 Å². The van der Waals surface area contributed by atoms with E-state index in [-0.39, 0.29) is 5.91 Å².